The van der Waals surface area contributed by atoms with Crippen LogP contribution in [-0.2, 0) is 0 Å². The monoisotopic (exact) mass is 315 g/mol. The van der Waals surface area contributed by atoms with Crippen molar-refractivity contribution in [3.8, 4) is 0 Å². The average Bonchev–Trinajstić information content (AvgIpc) is 2.58. The predicted molar refractivity (Wildman–Crippen MR) is 86.1 cm³/mol. The minimum Gasteiger partial charge on any atom is -0.338 e. The summed E-state index contributed by atoms with van der Waals surface area (Å²) in [5.41, 5.74) is 0.356. The van der Waals surface area contributed by atoms with Crippen LogP contribution in [0.2, 0.25) is 0 Å². The van der Waals surface area contributed by atoms with Crippen LogP contribution in [-0.4, -0.2) is 54.0 Å². The van der Waals surface area contributed by atoms with Gasteiger partial charge in [-0.1, -0.05) is 12.1 Å². The van der Waals surface area contributed by atoms with Crippen molar-refractivity contribution in [3.63, 3.8) is 0 Å². The number of anilines is 2. The van der Waals surface area contributed by atoms with Crippen molar-refractivity contribution in [3.05, 3.63) is 48.0 Å². The second kappa shape index (κ2) is 6.70. The van der Waals surface area contributed by atoms with Crippen molar-refractivity contribution in [2.45, 2.75) is 0 Å². The zero-order valence-electron chi connectivity index (χ0n) is 12.9. The van der Waals surface area contributed by atoms with Gasteiger partial charge >= 0.3 is 0 Å². The first-order chi connectivity index (χ1) is 11.1. The fraction of sp³-hybridized carbons (Fsp3) is 0.312. The molecule has 0 aliphatic carbocycles. The molecule has 7 heteroatoms. The van der Waals surface area contributed by atoms with E-state index < -0.39 is 11.7 Å². The number of carbonyl (C=O) groups is 1. The van der Waals surface area contributed by atoms with Crippen molar-refractivity contribution >= 4 is 17.5 Å². The van der Waals surface area contributed by atoms with Crippen LogP contribution in [0.5, 0.6) is 0 Å². The first kappa shape index (κ1) is 15.4. The molecular formula is C16H18FN5O. The second-order valence-electron chi connectivity index (χ2n) is 5.47. The molecule has 0 atom stereocenters. The summed E-state index contributed by atoms with van der Waals surface area (Å²) in [6, 6.07) is 7.56. The van der Waals surface area contributed by atoms with Gasteiger partial charge in [-0.3, -0.25) is 4.79 Å². The SMILES string of the molecule is CN1CCN(c2nccc(C(=O)Nc3ccccc3F)n2)CC1. The van der Waals surface area contributed by atoms with E-state index in [9.17, 15) is 9.18 Å². The van der Waals surface area contributed by atoms with Gasteiger partial charge in [0, 0.05) is 32.4 Å². The smallest absolute Gasteiger partial charge is 0.274 e. The van der Waals surface area contributed by atoms with E-state index in [1.54, 1.807) is 18.3 Å². The van der Waals surface area contributed by atoms with Gasteiger partial charge < -0.3 is 15.1 Å². The molecule has 0 spiro atoms. The quantitative estimate of drug-likeness (QED) is 0.932. The van der Waals surface area contributed by atoms with Crippen LogP contribution in [0.1, 0.15) is 10.5 Å². The summed E-state index contributed by atoms with van der Waals surface area (Å²) in [6.45, 7) is 3.48. The minimum absolute atomic E-state index is 0.136. The van der Waals surface area contributed by atoms with E-state index in [2.05, 4.69) is 27.2 Å². The van der Waals surface area contributed by atoms with Crippen LogP contribution < -0.4 is 10.2 Å². The number of carbonyl (C=O) groups excluding carboxylic acids is 1. The number of nitrogens with zero attached hydrogens (tertiary/aromatic N) is 4. The van der Waals surface area contributed by atoms with E-state index in [1.807, 2.05) is 4.90 Å². The molecule has 120 valence electrons. The van der Waals surface area contributed by atoms with Crippen molar-refractivity contribution in [1.82, 2.24) is 14.9 Å². The predicted octanol–water partition coefficient (Wildman–Crippen LogP) is 1.62. The third-order valence-electron chi connectivity index (χ3n) is 3.78. The van der Waals surface area contributed by atoms with Crippen LogP contribution >= 0.6 is 0 Å². The van der Waals surface area contributed by atoms with E-state index in [-0.39, 0.29) is 11.4 Å². The van der Waals surface area contributed by atoms with Crippen LogP contribution in [0.15, 0.2) is 36.5 Å². The number of nitrogens with one attached hydrogen (secondary N) is 1. The van der Waals surface area contributed by atoms with Crippen molar-refractivity contribution in [2.75, 3.05) is 43.4 Å². The highest BCUT2D eigenvalue weighted by Gasteiger charge is 2.18. The number of rotatable bonds is 3. The molecule has 1 aliphatic heterocycles. The maximum Gasteiger partial charge on any atom is 0.274 e. The molecule has 1 amide bonds. The number of hydrogen-bond acceptors (Lipinski definition) is 5. The average molecular weight is 315 g/mol. The van der Waals surface area contributed by atoms with E-state index in [4.69, 9.17) is 0 Å². The first-order valence-corrected chi connectivity index (χ1v) is 7.46. The first-order valence-electron chi connectivity index (χ1n) is 7.46. The highest BCUT2D eigenvalue weighted by Crippen LogP contribution is 2.15. The molecule has 1 aromatic carbocycles. The van der Waals surface area contributed by atoms with Gasteiger partial charge in [-0.25, -0.2) is 14.4 Å². The number of halogens is 1. The molecule has 2 aromatic rings. The van der Waals surface area contributed by atoms with Gasteiger partial charge in [-0.2, -0.15) is 0 Å². The summed E-state index contributed by atoms with van der Waals surface area (Å²) < 4.78 is 13.6. The van der Waals surface area contributed by atoms with Crippen LogP contribution in [0.3, 0.4) is 0 Å². The summed E-state index contributed by atoms with van der Waals surface area (Å²) in [6.07, 6.45) is 1.55. The maximum absolute atomic E-state index is 13.6. The standard InChI is InChI=1S/C16H18FN5O/c1-21-8-10-22(11-9-21)16-18-7-6-14(20-16)15(23)19-13-5-3-2-4-12(13)17/h2-7H,8-11H2,1H3,(H,19,23). The largest absolute Gasteiger partial charge is 0.338 e. The van der Waals surface area contributed by atoms with Gasteiger partial charge in [0.15, 0.2) is 0 Å². The Morgan fingerprint density at radius 3 is 2.65 bits per heavy atom. The number of aromatic nitrogens is 2. The topological polar surface area (TPSA) is 61.4 Å². The highest BCUT2D eigenvalue weighted by molar-refractivity contribution is 6.03. The Bertz CT molecular complexity index is 700. The second-order valence-corrected chi connectivity index (χ2v) is 5.47. The fourth-order valence-electron chi connectivity index (χ4n) is 2.38. The zero-order chi connectivity index (χ0) is 16.2. The van der Waals surface area contributed by atoms with Gasteiger partial charge in [-0.05, 0) is 25.2 Å². The van der Waals surface area contributed by atoms with Gasteiger partial charge in [-0.15, -0.1) is 0 Å². The lowest BCUT2D eigenvalue weighted by molar-refractivity contribution is 0.102. The third kappa shape index (κ3) is 3.62. The Kier molecular flexibility index (Phi) is 4.47. The van der Waals surface area contributed by atoms with E-state index >= 15 is 0 Å². The summed E-state index contributed by atoms with van der Waals surface area (Å²) in [7, 11) is 2.07. The van der Waals surface area contributed by atoms with Crippen molar-refractivity contribution in [1.29, 1.82) is 0 Å². The van der Waals surface area contributed by atoms with E-state index in [1.165, 1.54) is 18.2 Å². The van der Waals surface area contributed by atoms with Crippen LogP contribution in [0.4, 0.5) is 16.0 Å². The Morgan fingerprint density at radius 1 is 1.17 bits per heavy atom. The van der Waals surface area contributed by atoms with Crippen molar-refractivity contribution in [2.24, 2.45) is 0 Å². The lowest BCUT2D eigenvalue weighted by Gasteiger charge is -2.32. The molecule has 1 aromatic heterocycles. The number of likely N-dealkylation sites (N-methyl/N-ethyl adjacent to an activating group) is 1. The Morgan fingerprint density at radius 2 is 1.91 bits per heavy atom. The highest BCUT2D eigenvalue weighted by atomic mass is 19.1. The summed E-state index contributed by atoms with van der Waals surface area (Å²) in [4.78, 5) is 25.1. The lowest BCUT2D eigenvalue weighted by atomic mass is 10.3. The maximum atomic E-state index is 13.6. The molecule has 3 rings (SSSR count). The van der Waals surface area contributed by atoms with E-state index in [0.29, 0.717) is 5.95 Å². The van der Waals surface area contributed by atoms with Crippen molar-refractivity contribution < 1.29 is 9.18 Å². The number of piperazine rings is 1. The van der Waals surface area contributed by atoms with Crippen LogP contribution in [0, 0.1) is 5.82 Å². The van der Waals surface area contributed by atoms with Gasteiger partial charge in [0.25, 0.3) is 5.91 Å². The Hall–Kier alpha value is -2.54. The minimum atomic E-state index is -0.478. The molecule has 1 aliphatic rings. The number of amides is 1. The van der Waals surface area contributed by atoms with Gasteiger partial charge in [0.05, 0.1) is 5.69 Å². The molecule has 0 bridgehead atoms. The number of benzene rings is 1. The normalized spacial score (nSPS) is 15.5. The molecule has 0 radical (unpaired) electrons. The van der Waals surface area contributed by atoms with Gasteiger partial charge in [0.1, 0.15) is 11.5 Å². The van der Waals surface area contributed by atoms with Gasteiger partial charge in [0.2, 0.25) is 5.95 Å². The van der Waals surface area contributed by atoms with Crippen LogP contribution in [0.25, 0.3) is 0 Å². The molecule has 1 fully saturated rings. The Balaban J connectivity index is 1.74. The number of hydrogen-bond donors (Lipinski definition) is 1. The summed E-state index contributed by atoms with van der Waals surface area (Å²) >= 11 is 0. The molecule has 0 unspecified atom stereocenters. The third-order valence-corrected chi connectivity index (χ3v) is 3.78. The molecule has 0 saturated carbocycles. The molecule has 2 heterocycles. The van der Waals surface area contributed by atoms with E-state index in [0.717, 1.165) is 26.2 Å². The molecule has 23 heavy (non-hydrogen) atoms. The molecule has 1 N–H and O–H groups in total. The Labute approximate surface area is 134 Å². The molecule has 1 saturated heterocycles. The number of para-hydroxylation sites is 1. The zero-order valence-corrected chi connectivity index (χ0v) is 12.9. The molecule has 6 nitrogen and oxygen atoms in total. The molecular weight excluding hydrogens is 297 g/mol. The summed E-state index contributed by atoms with van der Waals surface area (Å²) in [5, 5.41) is 2.53. The summed E-state index contributed by atoms with van der Waals surface area (Å²) in [5.74, 6) is -0.402. The fourth-order valence-corrected chi connectivity index (χ4v) is 2.38. The lowest BCUT2D eigenvalue weighted by Crippen LogP contribution is -2.45.